The molecule has 142 valence electrons. The lowest BCUT2D eigenvalue weighted by Crippen LogP contribution is -2.55. The third-order valence-corrected chi connectivity index (χ3v) is 4.82. The summed E-state index contributed by atoms with van der Waals surface area (Å²) in [7, 11) is 0. The molecule has 3 rings (SSSR count). The lowest BCUT2D eigenvalue weighted by atomic mass is 10.2. The fraction of sp³-hybridized carbons (Fsp3) is 0.632. The van der Waals surface area contributed by atoms with Crippen molar-refractivity contribution >= 4 is 11.9 Å². The third kappa shape index (κ3) is 4.94. The van der Waals surface area contributed by atoms with Gasteiger partial charge in [0.05, 0.1) is 0 Å². The minimum atomic E-state index is -0.220. The Balaban J connectivity index is 1.50. The van der Waals surface area contributed by atoms with Crippen LogP contribution in [-0.4, -0.2) is 78.6 Å². The summed E-state index contributed by atoms with van der Waals surface area (Å²) in [5.74, 6) is 1.08. The molecule has 7 nitrogen and oxygen atoms in total. The number of carbonyl (C=O) groups is 1. The summed E-state index contributed by atoms with van der Waals surface area (Å²) in [6.07, 6.45) is 6.18. The first-order valence-corrected chi connectivity index (χ1v) is 9.60. The predicted octanol–water partition coefficient (Wildman–Crippen LogP) is 0.913. The lowest BCUT2D eigenvalue weighted by Gasteiger charge is -2.37. The van der Waals surface area contributed by atoms with E-state index in [2.05, 4.69) is 28.2 Å². The molecule has 0 bridgehead atoms. The number of hydrogen-bond donors (Lipinski definition) is 1. The summed E-state index contributed by atoms with van der Waals surface area (Å²) in [6, 6.07) is 4.03. The van der Waals surface area contributed by atoms with Crippen molar-refractivity contribution in [3.8, 4) is 0 Å². The largest absolute Gasteiger partial charge is 0.368 e. The number of aromatic nitrogens is 1. The van der Waals surface area contributed by atoms with Gasteiger partial charge in [-0.15, -0.1) is 0 Å². The van der Waals surface area contributed by atoms with Crippen LogP contribution in [0, 0.1) is 0 Å². The number of ether oxygens (including phenoxy) is 1. The second kappa shape index (κ2) is 9.52. The summed E-state index contributed by atoms with van der Waals surface area (Å²) in [5.41, 5.74) is 1.19. The summed E-state index contributed by atoms with van der Waals surface area (Å²) in [6.45, 7) is 7.41. The molecule has 0 radical (unpaired) electrons. The Morgan fingerprint density at radius 1 is 1.35 bits per heavy atom. The van der Waals surface area contributed by atoms with Gasteiger partial charge in [-0.1, -0.05) is 6.07 Å². The topological polar surface area (TPSA) is 70.1 Å². The van der Waals surface area contributed by atoms with Crippen LogP contribution < -0.4 is 5.32 Å². The normalized spacial score (nSPS) is 21.1. The fourth-order valence-electron chi connectivity index (χ4n) is 3.38. The molecule has 1 unspecified atom stereocenters. The maximum Gasteiger partial charge on any atom is 0.251 e. The van der Waals surface area contributed by atoms with Gasteiger partial charge in [0.15, 0.2) is 5.96 Å². The van der Waals surface area contributed by atoms with Crippen LogP contribution in [0.15, 0.2) is 29.5 Å². The number of nitrogens with zero attached hydrogens (tertiary/aromatic N) is 4. The maximum absolute atomic E-state index is 12.5. The molecule has 1 atom stereocenters. The third-order valence-electron chi connectivity index (χ3n) is 4.82. The van der Waals surface area contributed by atoms with Crippen molar-refractivity contribution in [3.05, 3.63) is 30.1 Å². The van der Waals surface area contributed by atoms with Gasteiger partial charge in [-0.2, -0.15) is 0 Å². The molecule has 2 aliphatic heterocycles. The highest BCUT2D eigenvalue weighted by atomic mass is 16.5. The Hall–Kier alpha value is -2.15. The van der Waals surface area contributed by atoms with E-state index in [-0.39, 0.29) is 12.0 Å². The molecule has 3 heterocycles. The van der Waals surface area contributed by atoms with E-state index >= 15 is 0 Å². The Bertz CT molecular complexity index is 593. The van der Waals surface area contributed by atoms with Gasteiger partial charge in [0.1, 0.15) is 6.10 Å². The van der Waals surface area contributed by atoms with Crippen LogP contribution in [0.3, 0.4) is 0 Å². The van der Waals surface area contributed by atoms with Crippen molar-refractivity contribution in [3.63, 3.8) is 0 Å². The molecule has 1 aromatic rings. The van der Waals surface area contributed by atoms with E-state index in [9.17, 15) is 4.79 Å². The Labute approximate surface area is 155 Å². The number of carbonyl (C=O) groups excluding carboxylic acids is 1. The van der Waals surface area contributed by atoms with Crippen LogP contribution in [0.4, 0.5) is 0 Å². The lowest BCUT2D eigenvalue weighted by molar-refractivity contribution is -0.142. The van der Waals surface area contributed by atoms with E-state index in [1.165, 1.54) is 5.56 Å². The zero-order valence-corrected chi connectivity index (χ0v) is 15.6. The highest BCUT2D eigenvalue weighted by Crippen LogP contribution is 2.16. The molecule has 2 saturated heterocycles. The van der Waals surface area contributed by atoms with Crippen LogP contribution in [0.1, 0.15) is 25.3 Å². The summed E-state index contributed by atoms with van der Waals surface area (Å²) >= 11 is 0. The summed E-state index contributed by atoms with van der Waals surface area (Å²) in [5, 5.41) is 3.37. The number of amides is 1. The number of nitrogens with one attached hydrogen (secondary N) is 1. The van der Waals surface area contributed by atoms with Gasteiger partial charge in [0, 0.05) is 58.3 Å². The van der Waals surface area contributed by atoms with E-state index in [1.54, 1.807) is 6.20 Å². The minimum absolute atomic E-state index is 0.153. The molecule has 7 heteroatoms. The highest BCUT2D eigenvalue weighted by molar-refractivity contribution is 5.82. The van der Waals surface area contributed by atoms with Crippen LogP contribution in [0.5, 0.6) is 0 Å². The van der Waals surface area contributed by atoms with Crippen molar-refractivity contribution in [1.82, 2.24) is 20.1 Å². The van der Waals surface area contributed by atoms with E-state index in [4.69, 9.17) is 9.73 Å². The average molecular weight is 359 g/mol. The monoisotopic (exact) mass is 359 g/mol. The molecule has 0 aromatic carbocycles. The molecular weight excluding hydrogens is 330 g/mol. The number of aliphatic imine (C=N–C) groups is 1. The van der Waals surface area contributed by atoms with Gasteiger partial charge < -0.3 is 19.9 Å². The SMILES string of the molecule is CCNC(=NCCc1cccnc1)N1CCN(C(=O)C2CCCO2)CC1. The van der Waals surface area contributed by atoms with Crippen molar-refractivity contribution < 1.29 is 9.53 Å². The van der Waals surface area contributed by atoms with Crippen LogP contribution in [0.25, 0.3) is 0 Å². The quantitative estimate of drug-likeness (QED) is 0.625. The second-order valence-electron chi connectivity index (χ2n) is 6.66. The van der Waals surface area contributed by atoms with Gasteiger partial charge in [0.25, 0.3) is 5.91 Å². The second-order valence-corrected chi connectivity index (χ2v) is 6.66. The molecule has 2 aliphatic rings. The van der Waals surface area contributed by atoms with Gasteiger partial charge in [0.2, 0.25) is 0 Å². The number of pyridine rings is 1. The number of guanidine groups is 1. The zero-order chi connectivity index (χ0) is 18.2. The Morgan fingerprint density at radius 2 is 2.15 bits per heavy atom. The van der Waals surface area contributed by atoms with Crippen LogP contribution >= 0.6 is 0 Å². The molecular formula is C19H29N5O2. The van der Waals surface area contributed by atoms with E-state index in [0.717, 1.165) is 64.5 Å². The van der Waals surface area contributed by atoms with Gasteiger partial charge >= 0.3 is 0 Å². The minimum Gasteiger partial charge on any atom is -0.368 e. The predicted molar refractivity (Wildman–Crippen MR) is 101 cm³/mol. The van der Waals surface area contributed by atoms with Crippen molar-refractivity contribution in [2.45, 2.75) is 32.3 Å². The molecule has 2 fully saturated rings. The number of piperazine rings is 1. The maximum atomic E-state index is 12.5. The molecule has 0 saturated carbocycles. The standard InChI is InChI=1S/C19H29N5O2/c1-2-21-19(22-9-7-16-5-3-8-20-15-16)24-12-10-23(11-13-24)18(25)17-6-4-14-26-17/h3,5,8,15,17H,2,4,6-7,9-14H2,1H3,(H,21,22). The van der Waals surface area contributed by atoms with Gasteiger partial charge in [-0.3, -0.25) is 14.8 Å². The zero-order valence-electron chi connectivity index (χ0n) is 15.6. The number of rotatable bonds is 5. The number of hydrogen-bond acceptors (Lipinski definition) is 4. The molecule has 1 N–H and O–H groups in total. The molecule has 1 aromatic heterocycles. The Morgan fingerprint density at radius 3 is 2.81 bits per heavy atom. The first-order valence-electron chi connectivity index (χ1n) is 9.60. The molecule has 26 heavy (non-hydrogen) atoms. The average Bonchev–Trinajstić information content (AvgIpc) is 3.23. The molecule has 1 amide bonds. The van der Waals surface area contributed by atoms with Gasteiger partial charge in [-0.25, -0.2) is 0 Å². The van der Waals surface area contributed by atoms with Crippen LogP contribution in [-0.2, 0) is 16.0 Å². The summed E-state index contributed by atoms with van der Waals surface area (Å²) < 4.78 is 5.53. The Kier molecular flexibility index (Phi) is 6.82. The highest BCUT2D eigenvalue weighted by Gasteiger charge is 2.30. The molecule has 0 spiro atoms. The van der Waals surface area contributed by atoms with Gasteiger partial charge in [-0.05, 0) is 37.8 Å². The van der Waals surface area contributed by atoms with Crippen molar-refractivity contribution in [2.24, 2.45) is 4.99 Å². The van der Waals surface area contributed by atoms with Crippen molar-refractivity contribution in [1.29, 1.82) is 0 Å². The first-order chi connectivity index (χ1) is 12.8. The van der Waals surface area contributed by atoms with E-state index in [1.807, 2.05) is 17.2 Å². The summed E-state index contributed by atoms with van der Waals surface area (Å²) in [4.78, 5) is 25.5. The smallest absolute Gasteiger partial charge is 0.251 e. The van der Waals surface area contributed by atoms with E-state index in [0.29, 0.717) is 6.61 Å². The first kappa shape index (κ1) is 18.6. The fourth-order valence-corrected chi connectivity index (χ4v) is 3.38. The molecule has 0 aliphatic carbocycles. The van der Waals surface area contributed by atoms with Crippen molar-refractivity contribution in [2.75, 3.05) is 45.9 Å². The van der Waals surface area contributed by atoms with E-state index < -0.39 is 0 Å². The van der Waals surface area contributed by atoms with Crippen LogP contribution in [0.2, 0.25) is 0 Å².